The zero-order valence-corrected chi connectivity index (χ0v) is 22.0. The summed E-state index contributed by atoms with van der Waals surface area (Å²) in [5, 5.41) is 16.4. The van der Waals surface area contributed by atoms with E-state index < -0.39 is 0 Å². The fourth-order valence-electron chi connectivity index (χ4n) is 2.84. The third-order valence-corrected chi connectivity index (χ3v) is 6.35. The maximum Gasteiger partial charge on any atom is 0.251 e. The Balaban J connectivity index is 1.75. The Bertz CT molecular complexity index is 1390. The topological polar surface area (TPSA) is 62.8 Å². The second kappa shape index (κ2) is 10.4. The second-order valence-electron chi connectivity index (χ2n) is 6.77. The lowest BCUT2D eigenvalue weighted by molar-refractivity contribution is 0.471. The molecule has 1 heterocycles. The Morgan fingerprint density at radius 2 is 1.61 bits per heavy atom. The zero-order valence-electron chi connectivity index (χ0n) is 16.6. The Labute approximate surface area is 221 Å². The van der Waals surface area contributed by atoms with E-state index in [-0.39, 0.29) is 5.75 Å². The predicted molar refractivity (Wildman–Crippen MR) is 143 cm³/mol. The predicted octanol–water partition coefficient (Wildman–Crippen LogP) is 8.37. The van der Waals surface area contributed by atoms with E-state index in [1.54, 1.807) is 54.9 Å². The summed E-state index contributed by atoms with van der Waals surface area (Å²) in [5.74, 6) is 0.367. The molecule has 0 bridgehead atoms. The molecule has 0 aliphatic rings. The molecule has 0 aliphatic carbocycles. The maximum atomic E-state index is 10.3. The highest BCUT2D eigenvalue weighted by molar-refractivity contribution is 9.11. The number of hydrogen-bond donors (Lipinski definition) is 1. The summed E-state index contributed by atoms with van der Waals surface area (Å²) in [4.78, 5) is 9.06. The summed E-state index contributed by atoms with van der Waals surface area (Å²) in [6, 6.07) is 15.9. The van der Waals surface area contributed by atoms with Gasteiger partial charge in [-0.25, -0.2) is 14.7 Å². The van der Waals surface area contributed by atoms with Gasteiger partial charge in [0, 0.05) is 37.4 Å². The summed E-state index contributed by atoms with van der Waals surface area (Å²) in [7, 11) is 0. The highest BCUT2D eigenvalue weighted by Crippen LogP contribution is 2.31. The molecule has 0 saturated carbocycles. The van der Waals surface area contributed by atoms with E-state index in [1.807, 2.05) is 12.1 Å². The minimum absolute atomic E-state index is 0.0643. The summed E-state index contributed by atoms with van der Waals surface area (Å²) >= 11 is 25.0. The van der Waals surface area contributed by atoms with Crippen molar-refractivity contribution in [1.82, 2.24) is 9.66 Å². The molecule has 4 rings (SSSR count). The van der Waals surface area contributed by atoms with Crippen LogP contribution in [0.15, 0.2) is 79.8 Å². The summed E-state index contributed by atoms with van der Waals surface area (Å²) in [5.41, 5.74) is 2.69. The van der Waals surface area contributed by atoms with Crippen LogP contribution in [0.4, 0.5) is 5.95 Å². The number of phenolic OH excluding ortho intramolecular Hbond substituents is 1. The van der Waals surface area contributed by atoms with Crippen LogP contribution in [0.3, 0.4) is 0 Å². The van der Waals surface area contributed by atoms with Crippen molar-refractivity contribution in [3.63, 3.8) is 0 Å². The molecule has 4 aromatic rings. The van der Waals surface area contributed by atoms with Crippen molar-refractivity contribution in [2.45, 2.75) is 0 Å². The van der Waals surface area contributed by atoms with Gasteiger partial charge in [-0.2, -0.15) is 5.10 Å². The van der Waals surface area contributed by atoms with Crippen molar-refractivity contribution in [1.29, 1.82) is 0 Å². The van der Waals surface area contributed by atoms with E-state index in [0.717, 1.165) is 10.0 Å². The van der Waals surface area contributed by atoms with Gasteiger partial charge in [0.25, 0.3) is 5.95 Å². The van der Waals surface area contributed by atoms with Gasteiger partial charge in [-0.05, 0) is 52.3 Å². The summed E-state index contributed by atoms with van der Waals surface area (Å²) < 4.78 is 2.85. The molecule has 0 spiro atoms. The Morgan fingerprint density at radius 1 is 0.879 bits per heavy atom. The molecule has 0 fully saturated rings. The smallest absolute Gasteiger partial charge is 0.251 e. The largest absolute Gasteiger partial charge is 0.506 e. The van der Waals surface area contributed by atoms with Gasteiger partial charge in [0.1, 0.15) is 5.75 Å². The first kappa shape index (κ1) is 24.0. The van der Waals surface area contributed by atoms with Gasteiger partial charge < -0.3 is 5.11 Å². The first-order valence-corrected chi connectivity index (χ1v) is 12.1. The molecule has 0 saturated heterocycles. The number of rotatable bonds is 5. The minimum Gasteiger partial charge on any atom is -0.506 e. The number of benzene rings is 3. The van der Waals surface area contributed by atoms with Crippen LogP contribution in [0.25, 0.3) is 11.3 Å². The van der Waals surface area contributed by atoms with Crippen molar-refractivity contribution in [2.24, 2.45) is 10.1 Å². The SMILES string of the molecule is Oc1c(Br)cc(Br)cc1/C=N/c1nc(-c2ccc(Cl)cc2)cn1/N=C/c1ccc(Cl)cc1Cl. The number of nitrogens with zero attached hydrogens (tertiary/aromatic N) is 4. The van der Waals surface area contributed by atoms with Crippen LogP contribution in [0, 0.1) is 0 Å². The molecule has 0 amide bonds. The van der Waals surface area contributed by atoms with E-state index in [4.69, 9.17) is 34.8 Å². The average molecular weight is 628 g/mol. The van der Waals surface area contributed by atoms with Gasteiger partial charge in [-0.3, -0.25) is 0 Å². The van der Waals surface area contributed by atoms with Gasteiger partial charge >= 0.3 is 0 Å². The quantitative estimate of drug-likeness (QED) is 0.226. The van der Waals surface area contributed by atoms with Crippen LogP contribution >= 0.6 is 66.7 Å². The average Bonchev–Trinajstić information content (AvgIpc) is 3.18. The van der Waals surface area contributed by atoms with Crippen LogP contribution in [-0.2, 0) is 0 Å². The van der Waals surface area contributed by atoms with Gasteiger partial charge in [0.05, 0.1) is 27.6 Å². The number of aliphatic imine (C=N–C) groups is 1. The van der Waals surface area contributed by atoms with Crippen LogP contribution in [0.2, 0.25) is 15.1 Å². The van der Waals surface area contributed by atoms with E-state index in [2.05, 4.69) is 46.9 Å². The molecule has 0 radical (unpaired) electrons. The van der Waals surface area contributed by atoms with Crippen LogP contribution in [0.5, 0.6) is 5.75 Å². The molecule has 0 unspecified atom stereocenters. The fraction of sp³-hybridized carbons (Fsp3) is 0. The molecular weight excluding hydrogens is 614 g/mol. The third-order valence-electron chi connectivity index (χ3n) is 4.47. The monoisotopic (exact) mass is 624 g/mol. The van der Waals surface area contributed by atoms with Gasteiger partial charge in [-0.15, -0.1) is 0 Å². The molecule has 166 valence electrons. The number of hydrogen-bond acceptors (Lipinski definition) is 4. The molecular formula is C23H13Br2Cl3N4O. The number of aromatic nitrogens is 2. The third kappa shape index (κ3) is 5.86. The Morgan fingerprint density at radius 3 is 2.33 bits per heavy atom. The highest BCUT2D eigenvalue weighted by Gasteiger charge is 2.10. The lowest BCUT2D eigenvalue weighted by Crippen LogP contribution is -1.91. The molecule has 10 heteroatoms. The van der Waals surface area contributed by atoms with Crippen LogP contribution in [-0.4, -0.2) is 27.2 Å². The normalized spacial score (nSPS) is 11.7. The minimum atomic E-state index is 0.0643. The van der Waals surface area contributed by atoms with Crippen molar-refractivity contribution < 1.29 is 5.11 Å². The lowest BCUT2D eigenvalue weighted by atomic mass is 10.2. The molecule has 0 atom stereocenters. The number of halogens is 5. The van der Waals surface area contributed by atoms with E-state index >= 15 is 0 Å². The Kier molecular flexibility index (Phi) is 7.56. The molecule has 33 heavy (non-hydrogen) atoms. The van der Waals surface area contributed by atoms with Gasteiger partial charge in [0.15, 0.2) is 0 Å². The lowest BCUT2D eigenvalue weighted by Gasteiger charge is -2.03. The van der Waals surface area contributed by atoms with Crippen LogP contribution < -0.4 is 0 Å². The zero-order chi connectivity index (χ0) is 23.5. The van der Waals surface area contributed by atoms with Crippen molar-refractivity contribution in [3.05, 3.63) is 95.9 Å². The van der Waals surface area contributed by atoms with Crippen LogP contribution in [0.1, 0.15) is 11.1 Å². The highest BCUT2D eigenvalue weighted by atomic mass is 79.9. The molecule has 5 nitrogen and oxygen atoms in total. The van der Waals surface area contributed by atoms with E-state index in [0.29, 0.717) is 42.3 Å². The van der Waals surface area contributed by atoms with Crippen molar-refractivity contribution in [3.8, 4) is 17.0 Å². The summed E-state index contributed by atoms with van der Waals surface area (Å²) in [6.45, 7) is 0. The standard InChI is InChI=1S/C23H13Br2Cl3N4O/c24-16-7-15(22(33)19(25)8-16)10-29-23-31-21(13-1-4-17(26)5-2-13)12-32(23)30-11-14-3-6-18(27)9-20(14)28/h1-12,33H/b29-10+,30-11+. The first-order chi connectivity index (χ1) is 15.8. The van der Waals surface area contributed by atoms with Crippen molar-refractivity contribution >= 4 is 85.0 Å². The molecule has 1 N–H and O–H groups in total. The number of aromatic hydroxyl groups is 1. The summed E-state index contributed by atoms with van der Waals surface area (Å²) in [6.07, 6.45) is 4.85. The number of phenols is 1. The van der Waals surface area contributed by atoms with E-state index in [9.17, 15) is 5.11 Å². The molecule has 0 aliphatic heterocycles. The fourth-order valence-corrected chi connectivity index (χ4v) is 4.68. The molecule has 1 aromatic heterocycles. The maximum absolute atomic E-state index is 10.3. The van der Waals surface area contributed by atoms with Crippen molar-refractivity contribution in [2.75, 3.05) is 0 Å². The second-order valence-corrected chi connectivity index (χ2v) is 9.82. The van der Waals surface area contributed by atoms with Gasteiger partial charge in [0.2, 0.25) is 0 Å². The van der Waals surface area contributed by atoms with Gasteiger partial charge in [-0.1, -0.05) is 68.9 Å². The first-order valence-electron chi connectivity index (χ1n) is 9.37. The number of imidazole rings is 1. The van der Waals surface area contributed by atoms with E-state index in [1.165, 1.54) is 10.9 Å². The molecule has 3 aromatic carbocycles. The Hall–Kier alpha value is -2.16.